The first-order valence-electron chi connectivity index (χ1n) is 17.9. The summed E-state index contributed by atoms with van der Waals surface area (Å²) in [6, 6.07) is 7.17. The van der Waals surface area contributed by atoms with Crippen LogP contribution in [0.2, 0.25) is 5.02 Å². The SMILES string of the molecule is CCc1c(N2CCN(C(=O)c3ncnc(C)c3O)CC2)c(=O)n2nc(-c3ccc4c(c3)COC4)nc2n1CC(=O)Nc1c(Cl)cc(C(F)(F)F)cc1OC1CC1. The maximum absolute atomic E-state index is 14.4. The number of rotatable bonds is 9. The molecule has 2 N–H and O–H groups in total. The molecule has 1 saturated heterocycles. The average Bonchev–Trinajstić information content (AvgIpc) is 3.66. The van der Waals surface area contributed by atoms with Gasteiger partial charge in [0.1, 0.15) is 30.0 Å². The number of nitrogens with one attached hydrogen (secondary N) is 1. The molecule has 0 atom stereocenters. The number of nitrogens with zero attached hydrogens (tertiary/aromatic N) is 8. The van der Waals surface area contributed by atoms with Crippen LogP contribution in [0, 0.1) is 6.92 Å². The molecule has 8 rings (SSSR count). The van der Waals surface area contributed by atoms with Crippen LogP contribution in [0.3, 0.4) is 0 Å². The first kappa shape index (κ1) is 37.2. The zero-order chi connectivity index (χ0) is 39.5. The molecule has 292 valence electrons. The number of hydrogen-bond donors (Lipinski definition) is 2. The lowest BCUT2D eigenvalue weighted by atomic mass is 10.1. The van der Waals surface area contributed by atoms with Gasteiger partial charge in [-0.25, -0.2) is 9.97 Å². The fourth-order valence-electron chi connectivity index (χ4n) is 6.92. The van der Waals surface area contributed by atoms with Crippen LogP contribution in [0.5, 0.6) is 11.5 Å². The topological polar surface area (TPSA) is 169 Å². The Kier molecular flexibility index (Phi) is 9.56. The molecule has 0 bridgehead atoms. The van der Waals surface area contributed by atoms with Crippen LogP contribution >= 0.6 is 11.6 Å². The van der Waals surface area contributed by atoms with Gasteiger partial charge in [0.15, 0.2) is 17.3 Å². The van der Waals surface area contributed by atoms with Crippen molar-refractivity contribution < 1.29 is 37.3 Å². The molecule has 1 saturated carbocycles. The number of benzene rings is 2. The molecule has 2 fully saturated rings. The van der Waals surface area contributed by atoms with Crippen molar-refractivity contribution in [2.45, 2.75) is 65.1 Å². The van der Waals surface area contributed by atoms with Crippen molar-refractivity contribution in [3.05, 3.63) is 85.8 Å². The summed E-state index contributed by atoms with van der Waals surface area (Å²) in [5, 5.41) is 17.3. The predicted molar refractivity (Wildman–Crippen MR) is 196 cm³/mol. The highest BCUT2D eigenvalue weighted by atomic mass is 35.5. The summed E-state index contributed by atoms with van der Waals surface area (Å²) in [5.41, 5.74) is 1.81. The van der Waals surface area contributed by atoms with Gasteiger partial charge in [-0.1, -0.05) is 30.7 Å². The normalized spacial score (nSPS) is 15.7. The molecule has 1 aliphatic carbocycles. The van der Waals surface area contributed by atoms with Gasteiger partial charge in [0.2, 0.25) is 11.7 Å². The highest BCUT2D eigenvalue weighted by Gasteiger charge is 2.35. The lowest BCUT2D eigenvalue weighted by Gasteiger charge is -2.36. The molecule has 0 unspecified atom stereocenters. The lowest BCUT2D eigenvalue weighted by molar-refractivity contribution is -0.137. The van der Waals surface area contributed by atoms with Gasteiger partial charge in [-0.2, -0.15) is 22.7 Å². The number of aromatic nitrogens is 6. The second-order valence-electron chi connectivity index (χ2n) is 13.8. The van der Waals surface area contributed by atoms with E-state index in [2.05, 4.69) is 20.4 Å². The minimum atomic E-state index is -4.70. The second-order valence-corrected chi connectivity index (χ2v) is 14.2. The average molecular weight is 794 g/mol. The van der Waals surface area contributed by atoms with Gasteiger partial charge in [0.25, 0.3) is 11.5 Å². The Hall–Kier alpha value is -5.75. The first-order chi connectivity index (χ1) is 26.8. The summed E-state index contributed by atoms with van der Waals surface area (Å²) < 4.78 is 55.1. The second kappa shape index (κ2) is 14.4. The van der Waals surface area contributed by atoms with Crippen LogP contribution in [0.4, 0.5) is 24.5 Å². The van der Waals surface area contributed by atoms with E-state index in [1.54, 1.807) is 11.5 Å². The smallest absolute Gasteiger partial charge is 0.416 e. The van der Waals surface area contributed by atoms with E-state index in [9.17, 15) is 32.7 Å². The molecule has 15 nitrogen and oxygen atoms in total. The van der Waals surface area contributed by atoms with E-state index in [4.69, 9.17) is 26.1 Å². The number of alkyl halides is 3. The van der Waals surface area contributed by atoms with Crippen LogP contribution < -0.4 is 20.5 Å². The van der Waals surface area contributed by atoms with E-state index in [-0.39, 0.29) is 89.6 Å². The Morgan fingerprint density at radius 1 is 1.07 bits per heavy atom. The number of carbonyl (C=O) groups is 2. The zero-order valence-electron chi connectivity index (χ0n) is 30.2. The van der Waals surface area contributed by atoms with Crippen LogP contribution in [-0.4, -0.2) is 83.2 Å². The molecule has 5 heterocycles. The minimum Gasteiger partial charge on any atom is -0.504 e. The Morgan fingerprint density at radius 3 is 2.54 bits per heavy atom. The maximum Gasteiger partial charge on any atom is 0.416 e. The highest BCUT2D eigenvalue weighted by molar-refractivity contribution is 6.34. The summed E-state index contributed by atoms with van der Waals surface area (Å²) in [5.74, 6) is -1.37. The quantitative estimate of drug-likeness (QED) is 0.211. The van der Waals surface area contributed by atoms with E-state index >= 15 is 0 Å². The first-order valence-corrected chi connectivity index (χ1v) is 18.3. The van der Waals surface area contributed by atoms with Crippen LogP contribution in [-0.2, 0) is 41.9 Å². The molecule has 0 spiro atoms. The number of aromatic hydroxyl groups is 1. The van der Waals surface area contributed by atoms with Crippen molar-refractivity contribution in [3.8, 4) is 22.9 Å². The molecule has 5 aromatic rings. The standard InChI is InChI=1S/C37H35ClF3N9O6/c1-3-26-31(47-8-10-48(11-9-47)34(53)30-32(52)19(2)42-18-43-30)35(54)50-36(45-33(46-50)20-4-5-21-16-55-17-22(21)12-20)49(26)15-28(51)44-29-25(38)13-23(37(39,40)41)14-27(29)56-24-6-7-24/h4-5,12-14,18,24,52H,3,6-11,15-17H2,1-2H3,(H,44,51). The van der Waals surface area contributed by atoms with Crippen molar-refractivity contribution >= 4 is 40.6 Å². The summed E-state index contributed by atoms with van der Waals surface area (Å²) in [4.78, 5) is 57.7. The molecular formula is C37H35ClF3N9O6. The highest BCUT2D eigenvalue weighted by Crippen LogP contribution is 2.42. The van der Waals surface area contributed by atoms with Crippen molar-refractivity contribution in [2.24, 2.45) is 0 Å². The third-order valence-electron chi connectivity index (χ3n) is 10.00. The molecule has 0 radical (unpaired) electrons. The van der Waals surface area contributed by atoms with Gasteiger partial charge >= 0.3 is 6.18 Å². The van der Waals surface area contributed by atoms with Gasteiger partial charge in [-0.05, 0) is 55.5 Å². The van der Waals surface area contributed by atoms with Gasteiger partial charge in [-0.15, -0.1) is 5.10 Å². The number of carbonyl (C=O) groups excluding carboxylic acids is 2. The largest absolute Gasteiger partial charge is 0.504 e. The molecule has 3 aromatic heterocycles. The summed E-state index contributed by atoms with van der Waals surface area (Å²) in [6.45, 7) is 4.63. The fraction of sp³-hybridized carbons (Fsp3) is 0.378. The van der Waals surface area contributed by atoms with E-state index in [0.29, 0.717) is 37.3 Å². The number of fused-ring (bicyclic) bond motifs is 2. The summed E-state index contributed by atoms with van der Waals surface area (Å²) >= 11 is 6.36. The van der Waals surface area contributed by atoms with E-state index in [1.165, 1.54) is 11.2 Å². The summed E-state index contributed by atoms with van der Waals surface area (Å²) in [6.07, 6.45) is -2.24. The number of amides is 2. The van der Waals surface area contributed by atoms with Crippen molar-refractivity contribution in [3.63, 3.8) is 0 Å². The van der Waals surface area contributed by atoms with E-state index < -0.39 is 35.7 Å². The minimum absolute atomic E-state index is 0.0638. The Balaban J connectivity index is 1.16. The van der Waals surface area contributed by atoms with Crippen LogP contribution in [0.1, 0.15) is 58.3 Å². The number of aryl methyl sites for hydroxylation is 1. The van der Waals surface area contributed by atoms with Crippen molar-refractivity contribution in [1.29, 1.82) is 0 Å². The number of halogens is 4. The molecule has 2 aromatic carbocycles. The lowest BCUT2D eigenvalue weighted by Crippen LogP contribution is -2.51. The molecule has 3 aliphatic rings. The summed E-state index contributed by atoms with van der Waals surface area (Å²) in [7, 11) is 0. The molecular weight excluding hydrogens is 759 g/mol. The van der Waals surface area contributed by atoms with Gasteiger partial charge in [-0.3, -0.25) is 14.4 Å². The molecule has 2 amide bonds. The Morgan fingerprint density at radius 2 is 1.82 bits per heavy atom. The van der Waals surface area contributed by atoms with E-state index in [0.717, 1.165) is 27.8 Å². The van der Waals surface area contributed by atoms with Gasteiger partial charge in [0, 0.05) is 31.7 Å². The van der Waals surface area contributed by atoms with E-state index in [1.807, 2.05) is 30.0 Å². The Bertz CT molecular complexity index is 2460. The number of piperazine rings is 1. The van der Waals surface area contributed by atoms with Crippen LogP contribution in [0.15, 0.2) is 41.5 Å². The third kappa shape index (κ3) is 6.98. The molecule has 2 aliphatic heterocycles. The van der Waals surface area contributed by atoms with Crippen molar-refractivity contribution in [1.82, 2.24) is 34.0 Å². The van der Waals surface area contributed by atoms with Crippen LogP contribution in [0.25, 0.3) is 17.2 Å². The fourth-order valence-corrected chi connectivity index (χ4v) is 7.17. The number of ether oxygens (including phenoxy) is 2. The Labute approximate surface area is 321 Å². The number of anilines is 2. The van der Waals surface area contributed by atoms with Gasteiger partial charge < -0.3 is 34.3 Å². The zero-order valence-corrected chi connectivity index (χ0v) is 30.9. The third-order valence-corrected chi connectivity index (χ3v) is 10.3. The number of hydrogen-bond acceptors (Lipinski definition) is 11. The van der Waals surface area contributed by atoms with Crippen molar-refractivity contribution in [2.75, 3.05) is 36.4 Å². The predicted octanol–water partition coefficient (Wildman–Crippen LogP) is 4.77. The molecule has 19 heteroatoms. The maximum atomic E-state index is 14.4. The molecule has 56 heavy (non-hydrogen) atoms. The monoisotopic (exact) mass is 793 g/mol. The van der Waals surface area contributed by atoms with Gasteiger partial charge in [0.05, 0.1) is 41.3 Å².